The second-order valence-corrected chi connectivity index (χ2v) is 7.36. The number of aromatic nitrogens is 2. The normalized spacial score (nSPS) is 11.8. The molecule has 150 valence electrons. The van der Waals surface area contributed by atoms with Crippen LogP contribution in [0.25, 0.3) is 5.69 Å². The second kappa shape index (κ2) is 8.49. The van der Waals surface area contributed by atoms with Crippen molar-refractivity contribution in [3.63, 3.8) is 0 Å². The fraction of sp³-hybridized carbons (Fsp3) is 0.227. The zero-order chi connectivity index (χ0) is 21.1. The Morgan fingerprint density at radius 1 is 1.07 bits per heavy atom. The Labute approximate surface area is 174 Å². The van der Waals surface area contributed by atoms with Crippen molar-refractivity contribution in [1.29, 1.82) is 0 Å². The minimum absolute atomic E-state index is 0.160. The Hall–Kier alpha value is -3.12. The summed E-state index contributed by atoms with van der Waals surface area (Å²) in [6, 6.07) is 13.8. The van der Waals surface area contributed by atoms with E-state index in [1.807, 2.05) is 39.0 Å². The van der Waals surface area contributed by atoms with Crippen molar-refractivity contribution in [2.45, 2.75) is 33.8 Å². The van der Waals surface area contributed by atoms with E-state index in [1.165, 1.54) is 16.8 Å². The van der Waals surface area contributed by atoms with E-state index in [4.69, 9.17) is 16.3 Å². The second-order valence-electron chi connectivity index (χ2n) is 6.92. The van der Waals surface area contributed by atoms with Gasteiger partial charge in [0.05, 0.1) is 5.69 Å². The third kappa shape index (κ3) is 4.84. The van der Waals surface area contributed by atoms with Crippen LogP contribution in [0.15, 0.2) is 53.3 Å². The molecular weight excluding hydrogens is 390 g/mol. The summed E-state index contributed by atoms with van der Waals surface area (Å²) in [7, 11) is 0. The number of aryl methyl sites for hydroxylation is 3. The minimum Gasteiger partial charge on any atom is -0.463 e. The van der Waals surface area contributed by atoms with E-state index in [-0.39, 0.29) is 17.3 Å². The van der Waals surface area contributed by atoms with E-state index in [0.717, 1.165) is 22.4 Å². The van der Waals surface area contributed by atoms with Crippen molar-refractivity contribution < 1.29 is 9.53 Å². The average Bonchev–Trinajstić information content (AvgIpc) is 2.68. The van der Waals surface area contributed by atoms with Crippen LogP contribution in [0.5, 0.6) is 5.88 Å². The van der Waals surface area contributed by atoms with E-state index >= 15 is 0 Å². The SMILES string of the molecule is Cc1ccc(C)c(NC(=O)C(C)Oc2ccc(=O)n(-c3cc(Cl)ccc3C)n2)c1. The van der Waals surface area contributed by atoms with Crippen LogP contribution < -0.4 is 15.6 Å². The third-order valence-electron chi connectivity index (χ3n) is 4.49. The van der Waals surface area contributed by atoms with Gasteiger partial charge in [0, 0.05) is 22.8 Å². The number of anilines is 1. The van der Waals surface area contributed by atoms with Crippen molar-refractivity contribution in [2.24, 2.45) is 0 Å². The monoisotopic (exact) mass is 411 g/mol. The molecule has 1 atom stereocenters. The summed E-state index contributed by atoms with van der Waals surface area (Å²) in [6.07, 6.45) is -0.811. The number of nitrogens with one attached hydrogen (secondary N) is 1. The highest BCUT2D eigenvalue weighted by molar-refractivity contribution is 6.30. The van der Waals surface area contributed by atoms with Crippen molar-refractivity contribution >= 4 is 23.2 Å². The Morgan fingerprint density at radius 2 is 1.79 bits per heavy atom. The molecule has 3 aromatic rings. The highest BCUT2D eigenvalue weighted by Gasteiger charge is 2.17. The summed E-state index contributed by atoms with van der Waals surface area (Å²) in [5.74, 6) is -0.148. The van der Waals surface area contributed by atoms with Gasteiger partial charge in [-0.2, -0.15) is 4.68 Å². The molecule has 0 aliphatic carbocycles. The Morgan fingerprint density at radius 3 is 2.55 bits per heavy atom. The Balaban J connectivity index is 1.81. The summed E-state index contributed by atoms with van der Waals surface area (Å²) in [5, 5.41) is 7.61. The standard InChI is InChI=1S/C22H22ClN3O3/c1-13-5-6-14(2)18(11-13)24-22(28)16(4)29-20-9-10-21(27)26(25-20)19-12-17(23)8-7-15(19)3/h5-12,16H,1-4H3,(H,24,28). The maximum Gasteiger partial charge on any atom is 0.271 e. The van der Waals surface area contributed by atoms with Crippen LogP contribution in [0.2, 0.25) is 5.02 Å². The first-order valence-corrected chi connectivity index (χ1v) is 9.54. The lowest BCUT2D eigenvalue weighted by Crippen LogP contribution is -2.31. The van der Waals surface area contributed by atoms with Crippen LogP contribution in [0, 0.1) is 20.8 Å². The van der Waals surface area contributed by atoms with Crippen LogP contribution >= 0.6 is 11.6 Å². The minimum atomic E-state index is -0.811. The van der Waals surface area contributed by atoms with E-state index in [9.17, 15) is 9.59 Å². The Kier molecular flexibility index (Phi) is 6.03. The molecule has 7 heteroatoms. The van der Waals surface area contributed by atoms with E-state index in [1.54, 1.807) is 25.1 Å². The number of carbonyl (C=O) groups is 1. The number of hydrogen-bond acceptors (Lipinski definition) is 4. The summed E-state index contributed by atoms with van der Waals surface area (Å²) < 4.78 is 6.90. The van der Waals surface area contributed by atoms with Crippen molar-refractivity contribution in [3.05, 3.63) is 80.6 Å². The van der Waals surface area contributed by atoms with Gasteiger partial charge in [-0.1, -0.05) is 29.8 Å². The number of nitrogens with zero attached hydrogens (tertiary/aromatic N) is 2. The lowest BCUT2D eigenvalue weighted by atomic mass is 10.1. The van der Waals surface area contributed by atoms with Gasteiger partial charge in [0.25, 0.3) is 11.5 Å². The fourth-order valence-electron chi connectivity index (χ4n) is 2.78. The van der Waals surface area contributed by atoms with Crippen LogP contribution in [0.1, 0.15) is 23.6 Å². The predicted molar refractivity (Wildman–Crippen MR) is 114 cm³/mol. The quantitative estimate of drug-likeness (QED) is 0.682. The van der Waals surface area contributed by atoms with Gasteiger partial charge in [-0.05, 0) is 62.6 Å². The van der Waals surface area contributed by atoms with Crippen molar-refractivity contribution in [1.82, 2.24) is 9.78 Å². The molecule has 0 aliphatic rings. The summed E-state index contributed by atoms with van der Waals surface area (Å²) >= 11 is 6.06. The highest BCUT2D eigenvalue weighted by atomic mass is 35.5. The third-order valence-corrected chi connectivity index (χ3v) is 4.73. The van der Waals surface area contributed by atoms with E-state index in [0.29, 0.717) is 10.7 Å². The molecule has 0 spiro atoms. The van der Waals surface area contributed by atoms with Crippen LogP contribution in [-0.2, 0) is 4.79 Å². The van der Waals surface area contributed by atoms with Crippen LogP contribution in [-0.4, -0.2) is 21.8 Å². The number of amides is 1. The first-order chi connectivity index (χ1) is 13.7. The van der Waals surface area contributed by atoms with Gasteiger partial charge in [-0.25, -0.2) is 0 Å². The Bertz CT molecular complexity index is 1120. The summed E-state index contributed by atoms with van der Waals surface area (Å²) in [4.78, 5) is 24.8. The largest absolute Gasteiger partial charge is 0.463 e. The smallest absolute Gasteiger partial charge is 0.271 e. The lowest BCUT2D eigenvalue weighted by molar-refractivity contribution is -0.122. The first kappa shape index (κ1) is 20.6. The molecule has 1 N–H and O–H groups in total. The maximum absolute atomic E-state index is 12.6. The highest BCUT2D eigenvalue weighted by Crippen LogP contribution is 2.19. The number of halogens is 1. The molecule has 0 fully saturated rings. The first-order valence-electron chi connectivity index (χ1n) is 9.16. The topological polar surface area (TPSA) is 73.2 Å². The van der Waals surface area contributed by atoms with Crippen LogP contribution in [0.4, 0.5) is 5.69 Å². The molecule has 2 aromatic carbocycles. The van der Waals surface area contributed by atoms with Gasteiger partial charge in [-0.15, -0.1) is 5.10 Å². The van der Waals surface area contributed by atoms with Crippen molar-refractivity contribution in [3.8, 4) is 11.6 Å². The molecule has 0 radical (unpaired) electrons. The van der Waals surface area contributed by atoms with Crippen molar-refractivity contribution in [2.75, 3.05) is 5.32 Å². The zero-order valence-electron chi connectivity index (χ0n) is 16.7. The number of benzene rings is 2. The van der Waals surface area contributed by atoms with E-state index < -0.39 is 6.10 Å². The predicted octanol–water partition coefficient (Wildman–Crippen LogP) is 4.22. The molecule has 1 amide bonds. The van der Waals surface area contributed by atoms with Gasteiger partial charge in [0.1, 0.15) is 0 Å². The zero-order valence-corrected chi connectivity index (χ0v) is 17.4. The molecule has 3 rings (SSSR count). The van der Waals surface area contributed by atoms with Gasteiger partial charge in [0.2, 0.25) is 5.88 Å². The molecule has 6 nitrogen and oxygen atoms in total. The molecule has 29 heavy (non-hydrogen) atoms. The molecule has 1 unspecified atom stereocenters. The molecule has 1 heterocycles. The fourth-order valence-corrected chi connectivity index (χ4v) is 2.95. The average molecular weight is 412 g/mol. The molecule has 1 aromatic heterocycles. The lowest BCUT2D eigenvalue weighted by Gasteiger charge is -2.16. The molecule has 0 aliphatic heterocycles. The number of rotatable bonds is 5. The molecular formula is C22H22ClN3O3. The summed E-state index contributed by atoms with van der Waals surface area (Å²) in [6.45, 7) is 7.36. The van der Waals surface area contributed by atoms with Gasteiger partial charge in [0.15, 0.2) is 6.10 Å². The molecule has 0 saturated carbocycles. The number of ether oxygens (including phenoxy) is 1. The number of hydrogen-bond donors (Lipinski definition) is 1. The number of carbonyl (C=O) groups excluding carboxylic acids is 1. The van der Waals surface area contributed by atoms with Gasteiger partial charge >= 0.3 is 0 Å². The van der Waals surface area contributed by atoms with Crippen LogP contribution in [0.3, 0.4) is 0 Å². The van der Waals surface area contributed by atoms with E-state index in [2.05, 4.69) is 10.4 Å². The van der Waals surface area contributed by atoms with Gasteiger partial charge in [-0.3, -0.25) is 9.59 Å². The molecule has 0 saturated heterocycles. The maximum atomic E-state index is 12.6. The van der Waals surface area contributed by atoms with Gasteiger partial charge < -0.3 is 10.1 Å². The molecule has 0 bridgehead atoms. The summed E-state index contributed by atoms with van der Waals surface area (Å²) in [5.41, 5.74) is 3.81.